The second-order valence-corrected chi connectivity index (χ2v) is 6.60. The minimum atomic E-state index is -0.715. The standard InChI is InChI=1S/C20H40O9/c1-8-25-13-14(26-9-2)15(11-21-4)28-20-19(24-7)18(27-10-3)17(23-6)16(29-20)12-22-5/h14-20H,8-13H2,1-7H3/t14-,15-,16-,17-,18-,19-,20+/m0/s1. The quantitative estimate of drug-likeness (QED) is 0.364. The Morgan fingerprint density at radius 2 is 1.48 bits per heavy atom. The highest BCUT2D eigenvalue weighted by atomic mass is 16.7. The van der Waals surface area contributed by atoms with E-state index in [0.717, 1.165) is 0 Å². The molecule has 9 nitrogen and oxygen atoms in total. The molecule has 9 heteroatoms. The Hall–Kier alpha value is -0.360. The van der Waals surface area contributed by atoms with Crippen molar-refractivity contribution in [1.82, 2.24) is 0 Å². The van der Waals surface area contributed by atoms with Crippen LogP contribution in [-0.2, 0) is 42.6 Å². The molecule has 0 bridgehead atoms. The van der Waals surface area contributed by atoms with Crippen LogP contribution in [0.5, 0.6) is 0 Å². The molecule has 0 N–H and O–H groups in total. The van der Waals surface area contributed by atoms with Gasteiger partial charge in [0, 0.05) is 48.3 Å². The lowest BCUT2D eigenvalue weighted by Crippen LogP contribution is -2.62. The molecule has 0 unspecified atom stereocenters. The summed E-state index contributed by atoms with van der Waals surface area (Å²) in [6.45, 7) is 8.45. The zero-order valence-electron chi connectivity index (χ0n) is 19.0. The Morgan fingerprint density at radius 1 is 0.759 bits per heavy atom. The average molecular weight is 425 g/mol. The van der Waals surface area contributed by atoms with Crippen LogP contribution in [0.3, 0.4) is 0 Å². The predicted octanol–water partition coefficient (Wildman–Crippen LogP) is 1.27. The van der Waals surface area contributed by atoms with Crippen LogP contribution in [0.15, 0.2) is 0 Å². The highest BCUT2D eigenvalue weighted by Crippen LogP contribution is 2.29. The minimum Gasteiger partial charge on any atom is -0.382 e. The molecule has 0 saturated carbocycles. The summed E-state index contributed by atoms with van der Waals surface area (Å²) in [7, 11) is 6.46. The molecule has 0 aromatic heterocycles. The monoisotopic (exact) mass is 424 g/mol. The number of hydrogen-bond donors (Lipinski definition) is 0. The summed E-state index contributed by atoms with van der Waals surface area (Å²) >= 11 is 0. The van der Waals surface area contributed by atoms with Crippen molar-refractivity contribution >= 4 is 0 Å². The highest BCUT2D eigenvalue weighted by molar-refractivity contribution is 4.93. The number of rotatable bonds is 16. The van der Waals surface area contributed by atoms with Crippen molar-refractivity contribution in [2.75, 3.05) is 68.1 Å². The molecule has 0 spiro atoms. The normalized spacial score (nSPS) is 29.7. The van der Waals surface area contributed by atoms with Gasteiger partial charge in [-0.3, -0.25) is 0 Å². The largest absolute Gasteiger partial charge is 0.382 e. The first kappa shape index (κ1) is 26.7. The third kappa shape index (κ3) is 8.01. The smallest absolute Gasteiger partial charge is 0.187 e. The molecule has 1 saturated heterocycles. The zero-order valence-corrected chi connectivity index (χ0v) is 19.0. The summed E-state index contributed by atoms with van der Waals surface area (Å²) in [6, 6.07) is 0. The molecule has 29 heavy (non-hydrogen) atoms. The van der Waals surface area contributed by atoms with Crippen LogP contribution in [0.4, 0.5) is 0 Å². The number of hydrogen-bond acceptors (Lipinski definition) is 9. The van der Waals surface area contributed by atoms with Gasteiger partial charge in [-0.05, 0) is 20.8 Å². The Kier molecular flexibility index (Phi) is 14.2. The van der Waals surface area contributed by atoms with Gasteiger partial charge in [0.15, 0.2) is 6.29 Å². The van der Waals surface area contributed by atoms with E-state index in [4.69, 9.17) is 42.6 Å². The van der Waals surface area contributed by atoms with E-state index < -0.39 is 18.5 Å². The summed E-state index contributed by atoms with van der Waals surface area (Å²) < 4.78 is 52.0. The fourth-order valence-electron chi connectivity index (χ4n) is 3.48. The van der Waals surface area contributed by atoms with Crippen molar-refractivity contribution in [2.45, 2.75) is 63.7 Å². The van der Waals surface area contributed by atoms with Crippen LogP contribution in [0.1, 0.15) is 20.8 Å². The maximum Gasteiger partial charge on any atom is 0.187 e. The van der Waals surface area contributed by atoms with Crippen LogP contribution in [0.2, 0.25) is 0 Å². The lowest BCUT2D eigenvalue weighted by molar-refractivity contribution is -0.333. The Labute approximate surface area is 175 Å². The first-order valence-corrected chi connectivity index (χ1v) is 10.3. The van der Waals surface area contributed by atoms with E-state index in [1.807, 2.05) is 20.8 Å². The Balaban J connectivity index is 3.06. The third-order valence-corrected chi connectivity index (χ3v) is 4.75. The van der Waals surface area contributed by atoms with Crippen LogP contribution in [0, 0.1) is 0 Å². The van der Waals surface area contributed by atoms with Crippen LogP contribution in [0.25, 0.3) is 0 Å². The summed E-state index contributed by atoms with van der Waals surface area (Å²) in [5.41, 5.74) is 0. The van der Waals surface area contributed by atoms with E-state index in [2.05, 4.69) is 0 Å². The first-order chi connectivity index (χ1) is 14.1. The van der Waals surface area contributed by atoms with Gasteiger partial charge >= 0.3 is 0 Å². The van der Waals surface area contributed by atoms with Gasteiger partial charge in [-0.25, -0.2) is 0 Å². The molecule has 7 atom stereocenters. The lowest BCUT2D eigenvalue weighted by atomic mass is 9.98. The molecule has 0 amide bonds. The van der Waals surface area contributed by atoms with Gasteiger partial charge in [0.25, 0.3) is 0 Å². The van der Waals surface area contributed by atoms with Crippen molar-refractivity contribution in [3.05, 3.63) is 0 Å². The first-order valence-electron chi connectivity index (χ1n) is 10.3. The molecule has 1 rings (SSSR count). The third-order valence-electron chi connectivity index (χ3n) is 4.75. The number of methoxy groups -OCH3 is 4. The maximum atomic E-state index is 6.32. The Bertz CT molecular complexity index is 398. The topological polar surface area (TPSA) is 83.1 Å². The molecule has 1 fully saturated rings. The van der Waals surface area contributed by atoms with Gasteiger partial charge < -0.3 is 42.6 Å². The highest BCUT2D eigenvalue weighted by Gasteiger charge is 2.49. The maximum absolute atomic E-state index is 6.32. The van der Waals surface area contributed by atoms with Gasteiger partial charge in [0.05, 0.1) is 19.8 Å². The molecule has 0 aromatic rings. The average Bonchev–Trinajstić information content (AvgIpc) is 2.71. The SMILES string of the molecule is CCOC[C@H](OCC)[C@H](COC)O[C@@H]1O[C@@H](COC)[C@H](OC)[C@H](OCC)[C@@H]1OC. The number of ether oxygens (including phenoxy) is 9. The molecular weight excluding hydrogens is 384 g/mol. The molecule has 174 valence electrons. The van der Waals surface area contributed by atoms with E-state index in [1.54, 1.807) is 28.4 Å². The molecule has 0 aliphatic carbocycles. The second kappa shape index (κ2) is 15.4. The minimum absolute atomic E-state index is 0.312. The zero-order chi connectivity index (χ0) is 21.6. The van der Waals surface area contributed by atoms with Gasteiger partial charge in [-0.1, -0.05) is 0 Å². The van der Waals surface area contributed by atoms with E-state index in [9.17, 15) is 0 Å². The lowest BCUT2D eigenvalue weighted by Gasteiger charge is -2.46. The van der Waals surface area contributed by atoms with Crippen LogP contribution >= 0.6 is 0 Å². The molecule has 1 aliphatic rings. The van der Waals surface area contributed by atoms with Crippen LogP contribution in [-0.4, -0.2) is 111 Å². The van der Waals surface area contributed by atoms with Crippen molar-refractivity contribution in [1.29, 1.82) is 0 Å². The van der Waals surface area contributed by atoms with Crippen LogP contribution < -0.4 is 0 Å². The second-order valence-electron chi connectivity index (χ2n) is 6.60. The van der Waals surface area contributed by atoms with Crippen molar-refractivity contribution in [3.8, 4) is 0 Å². The Morgan fingerprint density at radius 3 is 2.00 bits per heavy atom. The fraction of sp³-hybridized carbons (Fsp3) is 1.00. The van der Waals surface area contributed by atoms with Gasteiger partial charge in [-0.15, -0.1) is 0 Å². The van der Waals surface area contributed by atoms with Crippen molar-refractivity contribution in [3.63, 3.8) is 0 Å². The summed E-state index contributed by atoms with van der Waals surface area (Å²) in [5.74, 6) is 0. The van der Waals surface area contributed by atoms with E-state index in [-0.39, 0.29) is 24.4 Å². The summed E-state index contributed by atoms with van der Waals surface area (Å²) in [6.07, 6.45) is -3.05. The van der Waals surface area contributed by atoms with E-state index >= 15 is 0 Å². The summed E-state index contributed by atoms with van der Waals surface area (Å²) in [4.78, 5) is 0. The molecule has 0 radical (unpaired) electrons. The van der Waals surface area contributed by atoms with E-state index in [1.165, 1.54) is 0 Å². The molecule has 0 aromatic carbocycles. The van der Waals surface area contributed by atoms with Gasteiger partial charge in [0.2, 0.25) is 0 Å². The summed E-state index contributed by atoms with van der Waals surface area (Å²) in [5, 5.41) is 0. The molecule has 1 aliphatic heterocycles. The van der Waals surface area contributed by atoms with Crippen molar-refractivity contribution in [2.24, 2.45) is 0 Å². The van der Waals surface area contributed by atoms with Gasteiger partial charge in [-0.2, -0.15) is 0 Å². The fourth-order valence-corrected chi connectivity index (χ4v) is 3.48. The molecular formula is C20H40O9. The predicted molar refractivity (Wildman–Crippen MR) is 106 cm³/mol. The van der Waals surface area contributed by atoms with Crippen molar-refractivity contribution < 1.29 is 42.6 Å². The van der Waals surface area contributed by atoms with E-state index in [0.29, 0.717) is 39.6 Å². The molecule has 1 heterocycles. The van der Waals surface area contributed by atoms with Gasteiger partial charge in [0.1, 0.15) is 36.6 Å².